The largest absolute Gasteiger partial charge is 0.337 e. The molecule has 2 aromatic carbocycles. The van der Waals surface area contributed by atoms with Gasteiger partial charge in [-0.2, -0.15) is 4.98 Å². The zero-order valence-corrected chi connectivity index (χ0v) is 14.9. The van der Waals surface area contributed by atoms with Gasteiger partial charge in [-0.15, -0.1) is 0 Å². The van der Waals surface area contributed by atoms with Gasteiger partial charge in [0, 0.05) is 18.2 Å². The van der Waals surface area contributed by atoms with Gasteiger partial charge in [-0.05, 0) is 25.5 Å². The van der Waals surface area contributed by atoms with Crippen molar-refractivity contribution in [3.05, 3.63) is 77.7 Å². The number of carbonyl (C=O) groups excluding carboxylic acids is 1. The molecule has 0 atom stereocenters. The number of amides is 1. The molecule has 3 rings (SSSR count). The van der Waals surface area contributed by atoms with E-state index in [1.54, 1.807) is 17.1 Å². The molecule has 132 valence electrons. The number of hydrogen-bond donors (Lipinski definition) is 0. The van der Waals surface area contributed by atoms with Crippen LogP contribution in [0, 0.1) is 6.92 Å². The van der Waals surface area contributed by atoms with Crippen molar-refractivity contribution >= 4 is 12.0 Å². The topological polar surface area (TPSA) is 59.2 Å². The van der Waals surface area contributed by atoms with Gasteiger partial charge in [0.05, 0.1) is 0 Å². The van der Waals surface area contributed by atoms with Crippen LogP contribution in [-0.4, -0.2) is 27.5 Å². The first kappa shape index (κ1) is 17.6. The fourth-order valence-corrected chi connectivity index (χ4v) is 2.48. The van der Waals surface area contributed by atoms with Crippen LogP contribution in [0.4, 0.5) is 0 Å². The molecule has 1 amide bonds. The minimum absolute atomic E-state index is 0.0913. The van der Waals surface area contributed by atoms with E-state index >= 15 is 0 Å². The minimum atomic E-state index is -0.0913. The average Bonchev–Trinajstić information content (AvgIpc) is 3.14. The summed E-state index contributed by atoms with van der Waals surface area (Å²) in [5, 5.41) is 4.01. The SMILES string of the molecule is CCN(Cc1nc(-c2ccc(C)cc2)no1)C(=O)/C=C/c1ccccc1. The van der Waals surface area contributed by atoms with E-state index in [0.717, 1.165) is 11.1 Å². The Morgan fingerprint density at radius 3 is 2.54 bits per heavy atom. The summed E-state index contributed by atoms with van der Waals surface area (Å²) >= 11 is 0. The van der Waals surface area contributed by atoms with Crippen molar-refractivity contribution in [2.45, 2.75) is 20.4 Å². The first-order valence-corrected chi connectivity index (χ1v) is 8.57. The standard InChI is InChI=1S/C21H21N3O2/c1-3-24(20(25)14-11-17-7-5-4-6-8-17)15-19-22-21(23-26-19)18-12-9-16(2)10-13-18/h4-14H,3,15H2,1-2H3/b14-11+. The Kier molecular flexibility index (Phi) is 5.59. The molecular formula is C21H21N3O2. The van der Waals surface area contributed by atoms with Crippen LogP contribution in [0.25, 0.3) is 17.5 Å². The van der Waals surface area contributed by atoms with E-state index in [9.17, 15) is 4.79 Å². The van der Waals surface area contributed by atoms with Gasteiger partial charge in [0.15, 0.2) is 0 Å². The lowest BCUT2D eigenvalue weighted by atomic mass is 10.1. The highest BCUT2D eigenvalue weighted by Crippen LogP contribution is 2.17. The lowest BCUT2D eigenvalue weighted by molar-refractivity contribution is -0.126. The molecule has 0 fully saturated rings. The Bertz CT molecular complexity index is 883. The molecule has 0 spiro atoms. The van der Waals surface area contributed by atoms with E-state index in [0.29, 0.717) is 18.3 Å². The van der Waals surface area contributed by atoms with Gasteiger partial charge in [-0.3, -0.25) is 4.79 Å². The van der Waals surface area contributed by atoms with E-state index in [4.69, 9.17) is 4.52 Å². The van der Waals surface area contributed by atoms with E-state index in [1.807, 2.05) is 68.4 Å². The van der Waals surface area contributed by atoms with Crippen molar-refractivity contribution < 1.29 is 9.32 Å². The Hall–Kier alpha value is -3.21. The molecule has 0 aliphatic rings. The molecule has 0 N–H and O–H groups in total. The van der Waals surface area contributed by atoms with Gasteiger partial charge in [0.25, 0.3) is 0 Å². The zero-order valence-electron chi connectivity index (χ0n) is 14.9. The predicted molar refractivity (Wildman–Crippen MR) is 101 cm³/mol. The summed E-state index contributed by atoms with van der Waals surface area (Å²) in [6, 6.07) is 17.6. The molecule has 0 unspecified atom stereocenters. The maximum Gasteiger partial charge on any atom is 0.247 e. The molecule has 0 aliphatic carbocycles. The molecule has 26 heavy (non-hydrogen) atoms. The summed E-state index contributed by atoms with van der Waals surface area (Å²) in [7, 11) is 0. The van der Waals surface area contributed by atoms with Crippen LogP contribution in [0.2, 0.25) is 0 Å². The summed E-state index contributed by atoms with van der Waals surface area (Å²) < 4.78 is 5.32. The summed E-state index contributed by atoms with van der Waals surface area (Å²) in [5.41, 5.74) is 3.05. The molecule has 1 heterocycles. The summed E-state index contributed by atoms with van der Waals surface area (Å²) in [6.07, 6.45) is 3.37. The van der Waals surface area contributed by atoms with Gasteiger partial charge in [-0.1, -0.05) is 65.3 Å². The van der Waals surface area contributed by atoms with Crippen molar-refractivity contribution in [3.8, 4) is 11.4 Å². The van der Waals surface area contributed by atoms with Crippen LogP contribution >= 0.6 is 0 Å². The molecule has 0 aliphatic heterocycles. The van der Waals surface area contributed by atoms with Crippen LogP contribution in [-0.2, 0) is 11.3 Å². The maximum atomic E-state index is 12.4. The molecular weight excluding hydrogens is 326 g/mol. The van der Waals surface area contributed by atoms with Crippen LogP contribution < -0.4 is 0 Å². The molecule has 0 bridgehead atoms. The normalized spacial score (nSPS) is 11.0. The molecule has 1 aromatic heterocycles. The van der Waals surface area contributed by atoms with Crippen molar-refractivity contribution in [2.24, 2.45) is 0 Å². The Balaban J connectivity index is 1.67. The highest BCUT2D eigenvalue weighted by molar-refractivity contribution is 5.91. The van der Waals surface area contributed by atoms with Gasteiger partial charge < -0.3 is 9.42 Å². The molecule has 0 saturated heterocycles. The first-order valence-electron chi connectivity index (χ1n) is 8.57. The lowest BCUT2D eigenvalue weighted by Crippen LogP contribution is -2.28. The number of likely N-dealkylation sites (N-methyl/N-ethyl adjacent to an activating group) is 1. The van der Waals surface area contributed by atoms with Crippen LogP contribution in [0.5, 0.6) is 0 Å². The second-order valence-corrected chi connectivity index (χ2v) is 5.97. The minimum Gasteiger partial charge on any atom is -0.337 e. The number of aryl methyl sites for hydroxylation is 1. The van der Waals surface area contributed by atoms with Crippen molar-refractivity contribution in [3.63, 3.8) is 0 Å². The van der Waals surface area contributed by atoms with E-state index in [2.05, 4.69) is 10.1 Å². The number of rotatable bonds is 6. The summed E-state index contributed by atoms with van der Waals surface area (Å²) in [6.45, 7) is 4.79. The molecule has 5 heteroatoms. The lowest BCUT2D eigenvalue weighted by Gasteiger charge is -2.16. The summed E-state index contributed by atoms with van der Waals surface area (Å²) in [5.74, 6) is 0.860. The van der Waals surface area contributed by atoms with Crippen molar-refractivity contribution in [1.29, 1.82) is 0 Å². The van der Waals surface area contributed by atoms with Crippen LogP contribution in [0.1, 0.15) is 23.9 Å². The number of benzene rings is 2. The van der Waals surface area contributed by atoms with E-state index in [1.165, 1.54) is 5.56 Å². The smallest absolute Gasteiger partial charge is 0.247 e. The quantitative estimate of drug-likeness (QED) is 0.630. The summed E-state index contributed by atoms with van der Waals surface area (Å²) in [4.78, 5) is 18.5. The van der Waals surface area contributed by atoms with E-state index < -0.39 is 0 Å². The van der Waals surface area contributed by atoms with E-state index in [-0.39, 0.29) is 12.5 Å². The van der Waals surface area contributed by atoms with Crippen LogP contribution in [0.15, 0.2) is 65.2 Å². The first-order chi connectivity index (χ1) is 12.7. The predicted octanol–water partition coefficient (Wildman–Crippen LogP) is 4.11. The maximum absolute atomic E-state index is 12.4. The third kappa shape index (κ3) is 4.45. The molecule has 5 nitrogen and oxygen atoms in total. The molecule has 0 saturated carbocycles. The molecule has 0 radical (unpaired) electrons. The van der Waals surface area contributed by atoms with Gasteiger partial charge >= 0.3 is 0 Å². The van der Waals surface area contributed by atoms with Crippen molar-refractivity contribution in [2.75, 3.05) is 6.54 Å². The zero-order chi connectivity index (χ0) is 18.4. The number of carbonyl (C=O) groups is 1. The van der Waals surface area contributed by atoms with Gasteiger partial charge in [0.2, 0.25) is 17.6 Å². The second kappa shape index (κ2) is 8.25. The monoisotopic (exact) mass is 347 g/mol. The number of aromatic nitrogens is 2. The Morgan fingerprint density at radius 2 is 1.85 bits per heavy atom. The van der Waals surface area contributed by atoms with Crippen LogP contribution in [0.3, 0.4) is 0 Å². The Morgan fingerprint density at radius 1 is 1.12 bits per heavy atom. The fraction of sp³-hybridized carbons (Fsp3) is 0.190. The second-order valence-electron chi connectivity index (χ2n) is 5.97. The third-order valence-electron chi connectivity index (χ3n) is 4.02. The van der Waals surface area contributed by atoms with Gasteiger partial charge in [0.1, 0.15) is 6.54 Å². The molecule has 3 aromatic rings. The average molecular weight is 347 g/mol. The number of nitrogens with zero attached hydrogens (tertiary/aromatic N) is 3. The van der Waals surface area contributed by atoms with Gasteiger partial charge in [-0.25, -0.2) is 0 Å². The third-order valence-corrected chi connectivity index (χ3v) is 4.02. The number of hydrogen-bond acceptors (Lipinski definition) is 4. The highest BCUT2D eigenvalue weighted by Gasteiger charge is 2.15. The Labute approximate surface area is 153 Å². The highest BCUT2D eigenvalue weighted by atomic mass is 16.5. The fourth-order valence-electron chi connectivity index (χ4n) is 2.48. The van der Waals surface area contributed by atoms with Crippen molar-refractivity contribution in [1.82, 2.24) is 15.0 Å².